The van der Waals surface area contributed by atoms with Crippen LogP contribution in [0, 0.1) is 0 Å². The van der Waals surface area contributed by atoms with Crippen LogP contribution in [0.15, 0.2) is 24.3 Å². The Morgan fingerprint density at radius 3 is 2.21 bits per heavy atom. The van der Waals surface area contributed by atoms with Crippen molar-refractivity contribution in [2.75, 3.05) is 19.8 Å². The van der Waals surface area contributed by atoms with Gasteiger partial charge in [0.25, 0.3) is 0 Å². The number of hydrogen-bond donors (Lipinski definition) is 0. The molecule has 1 unspecified atom stereocenters. The second-order valence-corrected chi connectivity index (χ2v) is 7.69. The van der Waals surface area contributed by atoms with Gasteiger partial charge in [0, 0.05) is 19.6 Å². The second-order valence-electron chi connectivity index (χ2n) is 7.69. The summed E-state index contributed by atoms with van der Waals surface area (Å²) in [5.74, 6) is 0.927. The molecule has 0 aromatic heterocycles. The molecular weight excluding hydrogens is 352 g/mol. The van der Waals surface area contributed by atoms with Gasteiger partial charge in [-0.25, -0.2) is 0 Å². The fourth-order valence-electron chi connectivity index (χ4n) is 3.49. The Balaban J connectivity index is 1.33. The number of ether oxygens (including phenoxy) is 3. The molecule has 0 saturated carbocycles. The fraction of sp³-hybridized carbons (Fsp3) is 0.708. The van der Waals surface area contributed by atoms with Crippen LogP contribution in [-0.4, -0.2) is 32.4 Å². The van der Waals surface area contributed by atoms with Crippen LogP contribution in [0.1, 0.15) is 82.6 Å². The van der Waals surface area contributed by atoms with Crippen molar-refractivity contribution in [2.24, 2.45) is 0 Å². The number of rotatable bonds is 16. The summed E-state index contributed by atoms with van der Waals surface area (Å²) in [6, 6.07) is 8.10. The third kappa shape index (κ3) is 10.8. The largest absolute Gasteiger partial charge is 0.494 e. The minimum atomic E-state index is 0.0661. The summed E-state index contributed by atoms with van der Waals surface area (Å²) in [5, 5.41) is 0. The highest BCUT2D eigenvalue weighted by molar-refractivity contribution is 5.50. The Morgan fingerprint density at radius 1 is 0.893 bits per heavy atom. The number of aldehydes is 1. The molecule has 1 aliphatic rings. The van der Waals surface area contributed by atoms with Gasteiger partial charge in [-0.3, -0.25) is 0 Å². The van der Waals surface area contributed by atoms with E-state index in [0.29, 0.717) is 6.42 Å². The number of carbonyl (C=O) groups excluding carboxylic acids is 1. The fourth-order valence-corrected chi connectivity index (χ4v) is 3.49. The van der Waals surface area contributed by atoms with E-state index in [9.17, 15) is 4.79 Å². The van der Waals surface area contributed by atoms with Crippen molar-refractivity contribution in [3.8, 4) is 5.75 Å². The number of carbonyl (C=O) groups is 1. The van der Waals surface area contributed by atoms with Gasteiger partial charge in [0.2, 0.25) is 0 Å². The molecule has 1 aromatic carbocycles. The zero-order valence-corrected chi connectivity index (χ0v) is 17.4. The van der Waals surface area contributed by atoms with Crippen LogP contribution in [0.2, 0.25) is 0 Å². The molecule has 1 heterocycles. The smallest absolute Gasteiger partial charge is 0.157 e. The average molecular weight is 391 g/mol. The minimum absolute atomic E-state index is 0.0661. The Morgan fingerprint density at radius 2 is 1.57 bits per heavy atom. The van der Waals surface area contributed by atoms with E-state index in [-0.39, 0.29) is 6.29 Å². The summed E-state index contributed by atoms with van der Waals surface area (Å²) in [5.41, 5.74) is 1.19. The first kappa shape index (κ1) is 22.9. The van der Waals surface area contributed by atoms with E-state index < -0.39 is 0 Å². The van der Waals surface area contributed by atoms with Crippen LogP contribution < -0.4 is 4.74 Å². The van der Waals surface area contributed by atoms with Crippen molar-refractivity contribution in [2.45, 2.75) is 89.8 Å². The molecule has 0 radical (unpaired) electrons. The maximum Gasteiger partial charge on any atom is 0.157 e. The molecule has 28 heavy (non-hydrogen) atoms. The molecule has 1 saturated heterocycles. The SMILES string of the molecule is O=CCCc1ccc(OCCCCCCCCCCOC2CCCCO2)cc1. The molecule has 0 spiro atoms. The average Bonchev–Trinajstić information content (AvgIpc) is 2.74. The van der Waals surface area contributed by atoms with E-state index in [2.05, 4.69) is 0 Å². The Hall–Kier alpha value is -1.39. The van der Waals surface area contributed by atoms with E-state index >= 15 is 0 Å². The monoisotopic (exact) mass is 390 g/mol. The lowest BCUT2D eigenvalue weighted by Crippen LogP contribution is -2.22. The highest BCUT2D eigenvalue weighted by atomic mass is 16.7. The first-order valence-corrected chi connectivity index (χ1v) is 11.3. The number of hydrogen-bond acceptors (Lipinski definition) is 4. The van der Waals surface area contributed by atoms with Gasteiger partial charge in [0.1, 0.15) is 12.0 Å². The van der Waals surface area contributed by atoms with Crippen LogP contribution >= 0.6 is 0 Å². The molecule has 1 atom stereocenters. The van der Waals surface area contributed by atoms with Crippen molar-refractivity contribution in [3.05, 3.63) is 29.8 Å². The van der Waals surface area contributed by atoms with Crippen LogP contribution in [-0.2, 0) is 20.7 Å². The standard InChI is InChI=1S/C24H38O4/c25-18-11-12-22-14-16-23(17-15-22)26-19-8-5-3-1-2-4-6-9-20-27-24-13-7-10-21-28-24/h14-18,24H,1-13,19-21H2. The Bertz CT molecular complexity index is 494. The van der Waals surface area contributed by atoms with Crippen molar-refractivity contribution in [1.82, 2.24) is 0 Å². The third-order valence-corrected chi connectivity index (χ3v) is 5.22. The molecule has 0 amide bonds. The highest BCUT2D eigenvalue weighted by Crippen LogP contribution is 2.16. The quantitative estimate of drug-likeness (QED) is 0.262. The van der Waals surface area contributed by atoms with E-state index in [1.807, 2.05) is 24.3 Å². The van der Waals surface area contributed by atoms with Gasteiger partial charge in [0.15, 0.2) is 6.29 Å². The molecule has 1 fully saturated rings. The maximum atomic E-state index is 10.4. The molecule has 4 nitrogen and oxygen atoms in total. The van der Waals surface area contributed by atoms with Crippen LogP contribution in [0.25, 0.3) is 0 Å². The first-order valence-electron chi connectivity index (χ1n) is 11.3. The van der Waals surface area contributed by atoms with E-state index in [1.54, 1.807) is 0 Å². The number of aryl methyl sites for hydroxylation is 1. The van der Waals surface area contributed by atoms with E-state index in [4.69, 9.17) is 14.2 Å². The zero-order valence-electron chi connectivity index (χ0n) is 17.4. The van der Waals surface area contributed by atoms with E-state index in [0.717, 1.165) is 57.5 Å². The lowest BCUT2D eigenvalue weighted by molar-refractivity contribution is -0.162. The Labute approximate surface area is 170 Å². The summed E-state index contributed by atoms with van der Waals surface area (Å²) < 4.78 is 17.1. The van der Waals surface area contributed by atoms with Crippen molar-refractivity contribution >= 4 is 6.29 Å². The third-order valence-electron chi connectivity index (χ3n) is 5.22. The molecule has 1 aliphatic heterocycles. The maximum absolute atomic E-state index is 10.4. The molecule has 4 heteroatoms. The van der Waals surface area contributed by atoms with Crippen LogP contribution in [0.4, 0.5) is 0 Å². The Kier molecular flexibility index (Phi) is 12.7. The van der Waals surface area contributed by atoms with Gasteiger partial charge in [0.05, 0.1) is 6.61 Å². The second kappa shape index (κ2) is 15.5. The van der Waals surface area contributed by atoms with E-state index in [1.165, 1.54) is 56.9 Å². The van der Waals surface area contributed by atoms with Crippen molar-refractivity contribution in [3.63, 3.8) is 0 Å². The lowest BCUT2D eigenvalue weighted by Gasteiger charge is -2.22. The number of benzene rings is 1. The van der Waals surface area contributed by atoms with Gasteiger partial charge in [-0.15, -0.1) is 0 Å². The topological polar surface area (TPSA) is 44.8 Å². The normalized spacial score (nSPS) is 16.8. The van der Waals surface area contributed by atoms with Crippen molar-refractivity contribution < 1.29 is 19.0 Å². The van der Waals surface area contributed by atoms with Gasteiger partial charge in [-0.05, 0) is 56.2 Å². The van der Waals surface area contributed by atoms with Gasteiger partial charge < -0.3 is 19.0 Å². The summed E-state index contributed by atoms with van der Waals surface area (Å²) in [4.78, 5) is 10.4. The molecule has 2 rings (SSSR count). The van der Waals surface area contributed by atoms with Crippen LogP contribution in [0.3, 0.4) is 0 Å². The van der Waals surface area contributed by atoms with Crippen LogP contribution in [0.5, 0.6) is 5.75 Å². The predicted octanol–water partition coefficient (Wildman–Crippen LogP) is 5.86. The number of unbranched alkanes of at least 4 members (excludes halogenated alkanes) is 7. The molecular formula is C24H38O4. The molecule has 0 bridgehead atoms. The summed E-state index contributed by atoms with van der Waals surface area (Å²) in [7, 11) is 0. The summed E-state index contributed by atoms with van der Waals surface area (Å²) in [6.07, 6.45) is 15.9. The summed E-state index contributed by atoms with van der Waals surface area (Å²) in [6.45, 7) is 2.50. The predicted molar refractivity (Wildman–Crippen MR) is 113 cm³/mol. The lowest BCUT2D eigenvalue weighted by atomic mass is 10.1. The summed E-state index contributed by atoms with van der Waals surface area (Å²) >= 11 is 0. The van der Waals surface area contributed by atoms with Gasteiger partial charge >= 0.3 is 0 Å². The zero-order chi connectivity index (χ0) is 19.7. The highest BCUT2D eigenvalue weighted by Gasteiger charge is 2.13. The van der Waals surface area contributed by atoms with Gasteiger partial charge in [-0.1, -0.05) is 50.7 Å². The molecule has 0 aliphatic carbocycles. The first-order chi connectivity index (χ1) is 13.9. The minimum Gasteiger partial charge on any atom is -0.494 e. The van der Waals surface area contributed by atoms with Gasteiger partial charge in [-0.2, -0.15) is 0 Å². The van der Waals surface area contributed by atoms with Crippen molar-refractivity contribution in [1.29, 1.82) is 0 Å². The molecule has 0 N–H and O–H groups in total. The molecule has 1 aromatic rings. The molecule has 158 valence electrons.